The van der Waals surface area contributed by atoms with E-state index in [0.717, 1.165) is 0 Å². The molecule has 3 nitrogen and oxygen atoms in total. The molecule has 0 aliphatic rings. The average Bonchev–Trinajstić information content (AvgIpc) is 2.80. The third-order valence-electron chi connectivity index (χ3n) is 2.08. The van der Waals surface area contributed by atoms with Gasteiger partial charge < -0.3 is 0 Å². The second kappa shape index (κ2) is 4.63. The molecular formula is C11H9ClN2OS. The summed E-state index contributed by atoms with van der Waals surface area (Å²) in [5, 5.41) is 3.06. The van der Waals surface area contributed by atoms with Gasteiger partial charge in [0.2, 0.25) is 0 Å². The Labute approximate surface area is 102 Å². The molecule has 0 spiro atoms. The molecule has 0 N–H and O–H groups in total. The fourth-order valence-electron chi connectivity index (χ4n) is 1.28. The molecule has 0 unspecified atom stereocenters. The van der Waals surface area contributed by atoms with Crippen LogP contribution in [0.15, 0.2) is 35.8 Å². The Morgan fingerprint density at radius 2 is 2.31 bits per heavy atom. The van der Waals surface area contributed by atoms with Crippen LogP contribution < -0.4 is 4.90 Å². The SMILES string of the molecule is CN(C(=O)c1cccc(Cl)c1)c1nccs1. The van der Waals surface area contributed by atoms with Gasteiger partial charge in [0, 0.05) is 29.2 Å². The summed E-state index contributed by atoms with van der Waals surface area (Å²) in [6, 6.07) is 6.87. The van der Waals surface area contributed by atoms with Crippen LogP contribution in [-0.4, -0.2) is 17.9 Å². The molecule has 5 heteroatoms. The molecule has 82 valence electrons. The Morgan fingerprint density at radius 3 is 2.94 bits per heavy atom. The lowest BCUT2D eigenvalue weighted by Gasteiger charge is -2.13. The molecule has 16 heavy (non-hydrogen) atoms. The fourth-order valence-corrected chi connectivity index (χ4v) is 2.08. The molecule has 0 aliphatic heterocycles. The normalized spacial score (nSPS) is 10.1. The van der Waals surface area contributed by atoms with Gasteiger partial charge in [-0.2, -0.15) is 0 Å². The molecule has 0 saturated carbocycles. The molecule has 0 aliphatic carbocycles. The van der Waals surface area contributed by atoms with Gasteiger partial charge in [-0.05, 0) is 18.2 Å². The molecule has 0 atom stereocenters. The summed E-state index contributed by atoms with van der Waals surface area (Å²) in [7, 11) is 1.70. The zero-order chi connectivity index (χ0) is 11.5. The predicted octanol–water partition coefficient (Wildman–Crippen LogP) is 3.07. The van der Waals surface area contributed by atoms with Gasteiger partial charge in [0.15, 0.2) is 5.13 Å². The topological polar surface area (TPSA) is 33.2 Å². The number of hydrogen-bond donors (Lipinski definition) is 0. The van der Waals surface area contributed by atoms with Crippen molar-refractivity contribution in [1.29, 1.82) is 0 Å². The minimum Gasteiger partial charge on any atom is -0.287 e. The Bertz CT molecular complexity index is 498. The van der Waals surface area contributed by atoms with E-state index in [4.69, 9.17) is 11.6 Å². The zero-order valence-electron chi connectivity index (χ0n) is 8.55. The first-order valence-corrected chi connectivity index (χ1v) is 5.87. The Kier molecular flexibility index (Phi) is 3.22. The first-order chi connectivity index (χ1) is 7.68. The van der Waals surface area contributed by atoms with Crippen LogP contribution in [0.3, 0.4) is 0 Å². The number of aromatic nitrogens is 1. The number of amides is 1. The van der Waals surface area contributed by atoms with Crippen LogP contribution in [0.1, 0.15) is 10.4 Å². The molecule has 1 amide bonds. The van der Waals surface area contributed by atoms with E-state index in [2.05, 4.69) is 4.98 Å². The third kappa shape index (κ3) is 2.23. The van der Waals surface area contributed by atoms with E-state index in [9.17, 15) is 4.79 Å². The van der Waals surface area contributed by atoms with E-state index in [0.29, 0.717) is 15.7 Å². The maximum absolute atomic E-state index is 12.0. The van der Waals surface area contributed by atoms with Crippen LogP contribution in [0, 0.1) is 0 Å². The molecule has 1 aromatic heterocycles. The van der Waals surface area contributed by atoms with Crippen LogP contribution in [0.2, 0.25) is 5.02 Å². The highest BCUT2D eigenvalue weighted by Crippen LogP contribution is 2.19. The highest BCUT2D eigenvalue weighted by atomic mass is 35.5. The number of benzene rings is 1. The summed E-state index contributed by atoms with van der Waals surface area (Å²) in [5.74, 6) is -0.113. The molecule has 1 aromatic carbocycles. The van der Waals surface area contributed by atoms with Crippen molar-refractivity contribution in [2.45, 2.75) is 0 Å². The average molecular weight is 253 g/mol. The van der Waals surface area contributed by atoms with Crippen LogP contribution in [-0.2, 0) is 0 Å². The van der Waals surface area contributed by atoms with Gasteiger partial charge in [0.1, 0.15) is 0 Å². The van der Waals surface area contributed by atoms with E-state index in [1.165, 1.54) is 16.2 Å². The number of nitrogens with zero attached hydrogens (tertiary/aromatic N) is 2. The zero-order valence-corrected chi connectivity index (χ0v) is 10.1. The molecule has 0 radical (unpaired) electrons. The third-order valence-corrected chi connectivity index (χ3v) is 3.17. The van der Waals surface area contributed by atoms with Crippen LogP contribution >= 0.6 is 22.9 Å². The summed E-state index contributed by atoms with van der Waals surface area (Å²) < 4.78 is 0. The lowest BCUT2D eigenvalue weighted by molar-refractivity contribution is 0.0993. The van der Waals surface area contributed by atoms with Gasteiger partial charge in [0.25, 0.3) is 5.91 Å². The maximum atomic E-state index is 12.0. The number of carbonyl (C=O) groups excluding carboxylic acids is 1. The lowest BCUT2D eigenvalue weighted by atomic mass is 10.2. The van der Waals surface area contributed by atoms with Crippen molar-refractivity contribution in [3.63, 3.8) is 0 Å². The van der Waals surface area contributed by atoms with Crippen LogP contribution in [0.25, 0.3) is 0 Å². The van der Waals surface area contributed by atoms with Crippen molar-refractivity contribution in [3.05, 3.63) is 46.4 Å². The number of carbonyl (C=O) groups is 1. The van der Waals surface area contributed by atoms with Crippen molar-refractivity contribution < 1.29 is 4.79 Å². The first kappa shape index (κ1) is 11.1. The minimum absolute atomic E-state index is 0.113. The summed E-state index contributed by atoms with van der Waals surface area (Å²) in [5.41, 5.74) is 0.560. The van der Waals surface area contributed by atoms with Gasteiger partial charge >= 0.3 is 0 Å². The van der Waals surface area contributed by atoms with Crippen molar-refractivity contribution in [3.8, 4) is 0 Å². The summed E-state index contributed by atoms with van der Waals surface area (Å²) >= 11 is 7.25. The van der Waals surface area contributed by atoms with Crippen molar-refractivity contribution in [2.24, 2.45) is 0 Å². The monoisotopic (exact) mass is 252 g/mol. The van der Waals surface area contributed by atoms with Gasteiger partial charge in [-0.25, -0.2) is 4.98 Å². The molecular weight excluding hydrogens is 244 g/mol. The number of thiazole rings is 1. The number of hydrogen-bond acceptors (Lipinski definition) is 3. The molecule has 2 rings (SSSR count). The second-order valence-electron chi connectivity index (χ2n) is 3.19. The molecule has 0 saturated heterocycles. The van der Waals surface area contributed by atoms with Crippen LogP contribution in [0.4, 0.5) is 5.13 Å². The highest BCUT2D eigenvalue weighted by Gasteiger charge is 2.15. The standard InChI is InChI=1S/C11H9ClN2OS/c1-14(11-13-5-6-16-11)10(15)8-3-2-4-9(12)7-8/h2-7H,1H3. The smallest absolute Gasteiger partial charge is 0.259 e. The number of rotatable bonds is 2. The number of anilines is 1. The van der Waals surface area contributed by atoms with Gasteiger partial charge in [-0.1, -0.05) is 17.7 Å². The minimum atomic E-state index is -0.113. The van der Waals surface area contributed by atoms with Gasteiger partial charge in [-0.15, -0.1) is 11.3 Å². The van der Waals surface area contributed by atoms with E-state index in [1.807, 2.05) is 5.38 Å². The van der Waals surface area contributed by atoms with Crippen molar-refractivity contribution in [2.75, 3.05) is 11.9 Å². The Hall–Kier alpha value is -1.39. The molecule has 0 bridgehead atoms. The summed E-state index contributed by atoms with van der Waals surface area (Å²) in [4.78, 5) is 17.6. The first-order valence-electron chi connectivity index (χ1n) is 4.61. The Morgan fingerprint density at radius 1 is 1.50 bits per heavy atom. The van der Waals surface area contributed by atoms with E-state index in [1.54, 1.807) is 37.5 Å². The fraction of sp³-hybridized carbons (Fsp3) is 0.0909. The van der Waals surface area contributed by atoms with Crippen molar-refractivity contribution in [1.82, 2.24) is 4.98 Å². The molecule has 2 aromatic rings. The largest absolute Gasteiger partial charge is 0.287 e. The number of halogens is 1. The van der Waals surface area contributed by atoms with Gasteiger partial charge in [0.05, 0.1) is 0 Å². The summed E-state index contributed by atoms with van der Waals surface area (Å²) in [6.45, 7) is 0. The maximum Gasteiger partial charge on any atom is 0.259 e. The predicted molar refractivity (Wildman–Crippen MR) is 66.3 cm³/mol. The van der Waals surface area contributed by atoms with Gasteiger partial charge in [-0.3, -0.25) is 9.69 Å². The Balaban J connectivity index is 2.26. The quantitative estimate of drug-likeness (QED) is 0.823. The van der Waals surface area contributed by atoms with E-state index < -0.39 is 0 Å². The second-order valence-corrected chi connectivity index (χ2v) is 4.50. The highest BCUT2D eigenvalue weighted by molar-refractivity contribution is 7.13. The lowest BCUT2D eigenvalue weighted by Crippen LogP contribution is -2.25. The summed E-state index contributed by atoms with van der Waals surface area (Å²) in [6.07, 6.45) is 1.67. The molecule has 0 fully saturated rings. The van der Waals surface area contributed by atoms with E-state index >= 15 is 0 Å². The van der Waals surface area contributed by atoms with Crippen LogP contribution in [0.5, 0.6) is 0 Å². The van der Waals surface area contributed by atoms with E-state index in [-0.39, 0.29) is 5.91 Å². The molecule has 1 heterocycles. The van der Waals surface area contributed by atoms with Crippen molar-refractivity contribution >= 4 is 34.0 Å².